The minimum atomic E-state index is -0.279. The van der Waals surface area contributed by atoms with E-state index in [-0.39, 0.29) is 56.2 Å². The molecule has 0 bridgehead atoms. The Morgan fingerprint density at radius 2 is 0.833 bits per heavy atom. The van der Waals surface area contributed by atoms with Crippen molar-refractivity contribution < 1.29 is 39.5 Å². The van der Waals surface area contributed by atoms with Gasteiger partial charge in [0.1, 0.15) is 34.5 Å². The lowest BCUT2D eigenvalue weighted by Crippen LogP contribution is -2.22. The second-order valence-electron chi connectivity index (χ2n) is 18.5. The van der Waals surface area contributed by atoms with Crippen LogP contribution in [0.5, 0.6) is 34.5 Å². The molecule has 60 heavy (non-hydrogen) atoms. The molecule has 0 fully saturated rings. The molecule has 8 heteroatoms. The van der Waals surface area contributed by atoms with Crippen molar-refractivity contribution in [2.24, 2.45) is 0 Å². The lowest BCUT2D eigenvalue weighted by atomic mass is 9.74. The summed E-state index contributed by atoms with van der Waals surface area (Å²) in [6.07, 6.45) is 7.92. The van der Waals surface area contributed by atoms with Crippen molar-refractivity contribution >= 4 is 23.7 Å². The summed E-state index contributed by atoms with van der Waals surface area (Å²) >= 11 is 0. The van der Waals surface area contributed by atoms with Crippen molar-refractivity contribution in [1.29, 1.82) is 0 Å². The molecule has 324 valence electrons. The summed E-state index contributed by atoms with van der Waals surface area (Å²) in [6.45, 7) is 29.9. The highest BCUT2D eigenvalue weighted by molar-refractivity contribution is 6.08. The molecule has 4 aromatic carbocycles. The highest BCUT2D eigenvalue weighted by Gasteiger charge is 2.33. The molecule has 0 heterocycles. The van der Waals surface area contributed by atoms with Crippen LogP contribution in [0.3, 0.4) is 0 Å². The molecule has 0 saturated heterocycles. The second-order valence-corrected chi connectivity index (χ2v) is 18.5. The van der Waals surface area contributed by atoms with Crippen LogP contribution in [0.1, 0.15) is 164 Å². The molecule has 0 spiro atoms. The maximum Gasteiger partial charge on any atom is 0.185 e. The first-order valence-corrected chi connectivity index (χ1v) is 20.9. The Bertz CT molecular complexity index is 2170. The molecule has 0 aliphatic carbocycles. The van der Waals surface area contributed by atoms with Crippen LogP contribution in [0.2, 0.25) is 0 Å². The van der Waals surface area contributed by atoms with Gasteiger partial charge in [-0.1, -0.05) is 83.1 Å². The smallest absolute Gasteiger partial charge is 0.185 e. The zero-order valence-corrected chi connectivity index (χ0v) is 38.3. The molecule has 0 unspecified atom stereocenters. The molecule has 0 aromatic heterocycles. The third kappa shape index (κ3) is 11.8. The number of phenols is 4. The van der Waals surface area contributed by atoms with Crippen LogP contribution in [0.25, 0.3) is 12.2 Å². The van der Waals surface area contributed by atoms with Gasteiger partial charge in [0.25, 0.3) is 0 Å². The summed E-state index contributed by atoms with van der Waals surface area (Å²) in [5, 5.41) is 41.2. The average Bonchev–Trinajstić information content (AvgIpc) is 3.17. The lowest BCUT2D eigenvalue weighted by molar-refractivity contribution is 0.103. The number of ether oxygens (including phenoxy) is 2. The van der Waals surface area contributed by atoms with Crippen molar-refractivity contribution in [3.05, 3.63) is 117 Å². The van der Waals surface area contributed by atoms with E-state index < -0.39 is 0 Å². The minimum absolute atomic E-state index is 0.106. The standard InChI is InChI=1S/C27H36O4.C25H32O4/c1-8-26(4,5)21-17-22(27(6,7)9-2)25(31-10-3)20(24(21)30)15-16-23(29)18-11-13-19(28)14-12-18;1-8-29-23-18(13-14-21(27)16-9-11-17(26)12-10-16)22(28)19(24(2,3)4)15-20(23)25(5,6)7/h11-17,28,30H,8-10H2,1-7H3;9-15,26,28H,8H2,1-7H3/b16-15+;14-13+. The largest absolute Gasteiger partial charge is 0.508 e. The van der Waals surface area contributed by atoms with Crippen molar-refractivity contribution in [2.45, 2.75) is 131 Å². The van der Waals surface area contributed by atoms with Crippen LogP contribution in [-0.2, 0) is 21.7 Å². The number of carbonyl (C=O) groups excluding carboxylic acids is 2. The zero-order chi connectivity index (χ0) is 45.4. The van der Waals surface area contributed by atoms with Gasteiger partial charge >= 0.3 is 0 Å². The number of aromatic hydroxyl groups is 4. The normalized spacial score (nSPS) is 12.4. The molecular weight excluding hydrogens is 753 g/mol. The van der Waals surface area contributed by atoms with E-state index in [0.29, 0.717) is 47.0 Å². The van der Waals surface area contributed by atoms with E-state index in [9.17, 15) is 30.0 Å². The van der Waals surface area contributed by atoms with Crippen LogP contribution < -0.4 is 9.47 Å². The number of benzene rings is 4. The van der Waals surface area contributed by atoms with E-state index in [1.807, 2.05) is 40.7 Å². The number of hydrogen-bond acceptors (Lipinski definition) is 8. The van der Waals surface area contributed by atoms with Crippen molar-refractivity contribution in [1.82, 2.24) is 0 Å². The van der Waals surface area contributed by atoms with Gasteiger partial charge < -0.3 is 29.9 Å². The topological polar surface area (TPSA) is 134 Å². The zero-order valence-electron chi connectivity index (χ0n) is 38.3. The first-order chi connectivity index (χ1) is 27.8. The van der Waals surface area contributed by atoms with Crippen LogP contribution in [-0.4, -0.2) is 45.2 Å². The fourth-order valence-electron chi connectivity index (χ4n) is 6.55. The molecule has 0 atom stereocenters. The molecule has 0 radical (unpaired) electrons. The van der Waals surface area contributed by atoms with Gasteiger partial charge in [-0.25, -0.2) is 0 Å². The van der Waals surface area contributed by atoms with E-state index in [1.165, 1.54) is 36.4 Å². The van der Waals surface area contributed by atoms with E-state index in [2.05, 4.69) is 68.4 Å². The number of phenolic OH excluding ortho intramolecular Hbond substituents is 4. The summed E-state index contributed by atoms with van der Waals surface area (Å²) in [5.41, 5.74) is 4.75. The SMILES string of the molecule is CCOc1c(C(C)(C)C)cc(C(C)(C)C)c(O)c1/C=C/C(=O)c1ccc(O)cc1.CCOc1c(C(C)(C)CC)cc(C(C)(C)CC)c(O)c1/C=C/C(=O)c1ccc(O)cc1. The van der Waals surface area contributed by atoms with E-state index >= 15 is 0 Å². The molecule has 0 aliphatic heterocycles. The summed E-state index contributed by atoms with van der Waals surface area (Å²) < 4.78 is 12.0. The van der Waals surface area contributed by atoms with Crippen LogP contribution in [0.4, 0.5) is 0 Å². The number of ketones is 2. The third-order valence-electron chi connectivity index (χ3n) is 11.1. The predicted molar refractivity (Wildman–Crippen MR) is 246 cm³/mol. The number of hydrogen-bond donors (Lipinski definition) is 4. The maximum absolute atomic E-state index is 12.7. The monoisotopic (exact) mass is 820 g/mol. The molecule has 0 aliphatic rings. The first kappa shape index (κ1) is 48.9. The fourth-order valence-corrected chi connectivity index (χ4v) is 6.55. The molecule has 0 saturated carbocycles. The molecular formula is C52H68O8. The average molecular weight is 821 g/mol. The molecule has 4 rings (SSSR count). The maximum atomic E-state index is 12.7. The molecule has 0 amide bonds. The summed E-state index contributed by atoms with van der Waals surface area (Å²) in [5.74, 6) is 1.29. The van der Waals surface area contributed by atoms with Crippen LogP contribution in [0, 0.1) is 0 Å². The Morgan fingerprint density at radius 1 is 0.500 bits per heavy atom. The summed E-state index contributed by atoms with van der Waals surface area (Å²) in [4.78, 5) is 25.3. The quantitative estimate of drug-likeness (QED) is 0.0730. The van der Waals surface area contributed by atoms with Crippen molar-refractivity contribution in [3.63, 3.8) is 0 Å². The lowest BCUT2D eigenvalue weighted by Gasteiger charge is -2.32. The Kier molecular flexibility index (Phi) is 16.1. The van der Waals surface area contributed by atoms with Crippen LogP contribution >= 0.6 is 0 Å². The van der Waals surface area contributed by atoms with Gasteiger partial charge in [-0.05, 0) is 133 Å². The summed E-state index contributed by atoms with van der Waals surface area (Å²) in [6, 6.07) is 16.3. The Hall–Kier alpha value is -5.50. The highest BCUT2D eigenvalue weighted by atomic mass is 16.5. The van der Waals surface area contributed by atoms with Gasteiger partial charge in [0.2, 0.25) is 0 Å². The molecule has 4 aromatic rings. The van der Waals surface area contributed by atoms with Gasteiger partial charge in [0.05, 0.1) is 24.3 Å². The molecule has 4 N–H and O–H groups in total. The van der Waals surface area contributed by atoms with E-state index in [4.69, 9.17) is 9.47 Å². The van der Waals surface area contributed by atoms with Gasteiger partial charge in [0, 0.05) is 33.4 Å². The van der Waals surface area contributed by atoms with Gasteiger partial charge in [-0.2, -0.15) is 0 Å². The van der Waals surface area contributed by atoms with E-state index in [0.717, 1.165) is 35.1 Å². The number of carbonyl (C=O) groups is 2. The highest BCUT2D eigenvalue weighted by Crippen LogP contribution is 2.48. The van der Waals surface area contributed by atoms with Gasteiger partial charge in [-0.15, -0.1) is 0 Å². The van der Waals surface area contributed by atoms with Gasteiger partial charge in [-0.3, -0.25) is 9.59 Å². The van der Waals surface area contributed by atoms with E-state index in [1.54, 1.807) is 36.4 Å². The third-order valence-corrected chi connectivity index (χ3v) is 11.1. The Morgan fingerprint density at radius 3 is 1.18 bits per heavy atom. The second kappa shape index (κ2) is 19.7. The summed E-state index contributed by atoms with van der Waals surface area (Å²) in [7, 11) is 0. The number of allylic oxidation sites excluding steroid dienone is 2. The first-order valence-electron chi connectivity index (χ1n) is 20.9. The minimum Gasteiger partial charge on any atom is -0.508 e. The number of rotatable bonds is 14. The predicted octanol–water partition coefficient (Wildman–Crippen LogP) is 12.8. The van der Waals surface area contributed by atoms with Crippen LogP contribution in [0.15, 0.2) is 72.8 Å². The van der Waals surface area contributed by atoms with Gasteiger partial charge in [0.15, 0.2) is 11.6 Å². The van der Waals surface area contributed by atoms with Crippen molar-refractivity contribution in [3.8, 4) is 34.5 Å². The Balaban J connectivity index is 0.000000321. The Labute approximate surface area is 358 Å². The van der Waals surface area contributed by atoms with Crippen molar-refractivity contribution in [2.75, 3.05) is 13.2 Å². The molecule has 8 nitrogen and oxygen atoms in total. The fraction of sp³-hybridized carbons (Fsp3) is 0.423.